The summed E-state index contributed by atoms with van der Waals surface area (Å²) in [6.07, 6.45) is 3.14. The monoisotopic (exact) mass is 437 g/mol. The van der Waals surface area contributed by atoms with Crippen LogP contribution in [0, 0.1) is 6.92 Å². The minimum atomic E-state index is -0.198. The summed E-state index contributed by atoms with van der Waals surface area (Å²) >= 11 is 6.51. The fourth-order valence-electron chi connectivity index (χ4n) is 2.89. The first-order chi connectivity index (χ1) is 14.8. The number of halogens is 1. The maximum atomic E-state index is 12.6. The Kier molecular flexibility index (Phi) is 7.26. The highest BCUT2D eigenvalue weighted by atomic mass is 35.5. The first kappa shape index (κ1) is 22.3. The number of carbonyl (C=O) groups is 2. The van der Waals surface area contributed by atoms with Crippen LogP contribution in [0.2, 0.25) is 5.15 Å². The van der Waals surface area contributed by atoms with E-state index < -0.39 is 0 Å². The molecule has 160 valence electrons. The molecule has 7 heteroatoms. The fourth-order valence-corrected chi connectivity index (χ4v) is 3.18. The molecule has 0 atom stereocenters. The van der Waals surface area contributed by atoms with Gasteiger partial charge in [-0.2, -0.15) is 5.10 Å². The van der Waals surface area contributed by atoms with Crippen molar-refractivity contribution in [3.63, 3.8) is 0 Å². The van der Waals surface area contributed by atoms with Crippen LogP contribution in [0.1, 0.15) is 27.2 Å². The van der Waals surface area contributed by atoms with E-state index >= 15 is 0 Å². The molecule has 0 saturated carbocycles. The quantitative estimate of drug-likeness (QED) is 0.390. The summed E-state index contributed by atoms with van der Waals surface area (Å²) in [5.41, 5.74) is 2.98. The Balaban J connectivity index is 1.71. The van der Waals surface area contributed by atoms with Crippen LogP contribution < -0.4 is 4.74 Å². The van der Waals surface area contributed by atoms with Gasteiger partial charge in [0.15, 0.2) is 12.4 Å². The number of ketones is 1. The molecule has 0 fully saturated rings. The molecule has 0 radical (unpaired) electrons. The van der Waals surface area contributed by atoms with E-state index in [1.54, 1.807) is 49.1 Å². The van der Waals surface area contributed by atoms with Gasteiger partial charge in [-0.1, -0.05) is 54.1 Å². The van der Waals surface area contributed by atoms with Gasteiger partial charge in [0, 0.05) is 25.2 Å². The third-order valence-corrected chi connectivity index (χ3v) is 5.06. The van der Waals surface area contributed by atoms with Crippen LogP contribution in [0.15, 0.2) is 60.7 Å². The van der Waals surface area contributed by atoms with Gasteiger partial charge in [-0.05, 0) is 36.8 Å². The van der Waals surface area contributed by atoms with E-state index in [1.807, 2.05) is 37.3 Å². The first-order valence-corrected chi connectivity index (χ1v) is 10.1. The SMILES string of the molecule is Cc1nn(Cc2ccccc2)c(Cl)c1C=CC(=O)c1cccc(OCC(=O)N(C)C)c1. The number of carbonyl (C=O) groups excluding carboxylic acids is 2. The van der Waals surface area contributed by atoms with Crippen LogP contribution in [0.5, 0.6) is 5.75 Å². The van der Waals surface area contributed by atoms with Gasteiger partial charge in [0.2, 0.25) is 0 Å². The highest BCUT2D eigenvalue weighted by molar-refractivity contribution is 6.31. The number of aromatic nitrogens is 2. The summed E-state index contributed by atoms with van der Waals surface area (Å²) in [5.74, 6) is 0.101. The lowest BCUT2D eigenvalue weighted by Crippen LogP contribution is -2.27. The van der Waals surface area contributed by atoms with Crippen molar-refractivity contribution in [3.8, 4) is 5.75 Å². The van der Waals surface area contributed by atoms with E-state index in [2.05, 4.69) is 5.10 Å². The van der Waals surface area contributed by atoms with E-state index in [0.717, 1.165) is 11.3 Å². The lowest BCUT2D eigenvalue weighted by Gasteiger charge is -2.11. The highest BCUT2D eigenvalue weighted by Gasteiger charge is 2.13. The number of hydrogen-bond donors (Lipinski definition) is 0. The predicted octanol–water partition coefficient (Wildman–Crippen LogP) is 4.26. The molecule has 3 aromatic rings. The predicted molar refractivity (Wildman–Crippen MR) is 122 cm³/mol. The Bertz CT molecular complexity index is 1100. The zero-order valence-corrected chi connectivity index (χ0v) is 18.5. The molecule has 0 aliphatic heterocycles. The van der Waals surface area contributed by atoms with Crippen LogP contribution >= 0.6 is 11.6 Å². The smallest absolute Gasteiger partial charge is 0.259 e. The summed E-state index contributed by atoms with van der Waals surface area (Å²) in [5, 5.41) is 4.97. The molecule has 0 unspecified atom stereocenters. The average molecular weight is 438 g/mol. The summed E-state index contributed by atoms with van der Waals surface area (Å²) in [7, 11) is 3.32. The second-order valence-corrected chi connectivity index (χ2v) is 7.59. The molecule has 0 bridgehead atoms. The van der Waals surface area contributed by atoms with E-state index in [9.17, 15) is 9.59 Å². The second kappa shape index (κ2) is 10.1. The summed E-state index contributed by atoms with van der Waals surface area (Å²) in [6.45, 7) is 2.32. The summed E-state index contributed by atoms with van der Waals surface area (Å²) in [4.78, 5) is 25.8. The average Bonchev–Trinajstić information content (AvgIpc) is 3.03. The fraction of sp³-hybridized carbons (Fsp3) is 0.208. The van der Waals surface area contributed by atoms with Gasteiger partial charge in [0.1, 0.15) is 10.9 Å². The number of amides is 1. The van der Waals surface area contributed by atoms with Crippen molar-refractivity contribution in [1.29, 1.82) is 0 Å². The number of nitrogens with zero attached hydrogens (tertiary/aromatic N) is 3. The van der Waals surface area contributed by atoms with Crippen LogP contribution in [-0.4, -0.2) is 47.1 Å². The number of benzene rings is 2. The van der Waals surface area contributed by atoms with Crippen LogP contribution in [0.4, 0.5) is 0 Å². The maximum absolute atomic E-state index is 12.6. The Labute approximate surface area is 186 Å². The highest BCUT2D eigenvalue weighted by Crippen LogP contribution is 2.23. The standard InChI is InChI=1S/C24H24ClN3O3/c1-17-21(24(25)28(26-17)15-18-8-5-4-6-9-18)12-13-22(29)19-10-7-11-20(14-19)31-16-23(30)27(2)3/h4-14H,15-16H2,1-3H3. The van der Waals surface area contributed by atoms with E-state index in [-0.39, 0.29) is 18.3 Å². The number of rotatable bonds is 8. The topological polar surface area (TPSA) is 64.4 Å². The first-order valence-electron chi connectivity index (χ1n) is 9.77. The van der Waals surface area contributed by atoms with E-state index in [4.69, 9.17) is 16.3 Å². The Hall–Kier alpha value is -3.38. The summed E-state index contributed by atoms with van der Waals surface area (Å²) < 4.78 is 7.19. The van der Waals surface area contributed by atoms with Crippen molar-refractivity contribution in [2.75, 3.05) is 20.7 Å². The number of ether oxygens (including phenoxy) is 1. The van der Waals surface area contributed by atoms with Gasteiger partial charge < -0.3 is 9.64 Å². The van der Waals surface area contributed by atoms with Crippen LogP contribution in [-0.2, 0) is 11.3 Å². The third kappa shape index (κ3) is 5.83. The van der Waals surface area contributed by atoms with Crippen molar-refractivity contribution in [3.05, 3.63) is 88.2 Å². The molecule has 0 aliphatic rings. The molecule has 6 nitrogen and oxygen atoms in total. The minimum absolute atomic E-state index is 0.0874. The van der Waals surface area contributed by atoms with Crippen LogP contribution in [0.3, 0.4) is 0 Å². The maximum Gasteiger partial charge on any atom is 0.259 e. The molecular formula is C24H24ClN3O3. The molecule has 2 aromatic carbocycles. The van der Waals surface area contributed by atoms with Gasteiger partial charge in [0.25, 0.3) is 5.91 Å². The van der Waals surface area contributed by atoms with Gasteiger partial charge in [-0.25, -0.2) is 4.68 Å². The number of likely N-dealkylation sites (N-methyl/N-ethyl adjacent to an activating group) is 1. The van der Waals surface area contributed by atoms with Crippen molar-refractivity contribution >= 4 is 29.4 Å². The third-order valence-electron chi connectivity index (χ3n) is 4.67. The lowest BCUT2D eigenvalue weighted by atomic mass is 10.1. The number of hydrogen-bond acceptors (Lipinski definition) is 4. The van der Waals surface area contributed by atoms with E-state index in [1.165, 1.54) is 11.0 Å². The number of aryl methyl sites for hydroxylation is 1. The molecule has 0 saturated heterocycles. The van der Waals surface area contributed by atoms with E-state index in [0.29, 0.717) is 28.6 Å². The molecule has 3 rings (SSSR count). The zero-order chi connectivity index (χ0) is 22.4. The minimum Gasteiger partial charge on any atom is -0.484 e. The largest absolute Gasteiger partial charge is 0.484 e. The Morgan fingerprint density at radius 1 is 1.13 bits per heavy atom. The molecular weight excluding hydrogens is 414 g/mol. The van der Waals surface area contributed by atoms with Crippen molar-refractivity contribution in [2.24, 2.45) is 0 Å². The zero-order valence-electron chi connectivity index (χ0n) is 17.7. The Morgan fingerprint density at radius 2 is 1.87 bits per heavy atom. The molecule has 31 heavy (non-hydrogen) atoms. The molecule has 0 aliphatic carbocycles. The molecule has 1 heterocycles. The van der Waals surface area contributed by atoms with Gasteiger partial charge in [-0.15, -0.1) is 0 Å². The second-order valence-electron chi connectivity index (χ2n) is 7.24. The summed E-state index contributed by atoms with van der Waals surface area (Å²) in [6, 6.07) is 16.6. The Morgan fingerprint density at radius 3 is 2.58 bits per heavy atom. The molecule has 0 spiro atoms. The molecule has 1 aromatic heterocycles. The molecule has 1 amide bonds. The normalized spacial score (nSPS) is 11.0. The lowest BCUT2D eigenvalue weighted by molar-refractivity contribution is -0.130. The number of allylic oxidation sites excluding steroid dienone is 1. The van der Waals surface area contributed by atoms with Crippen molar-refractivity contribution < 1.29 is 14.3 Å². The van der Waals surface area contributed by atoms with Gasteiger partial charge in [0.05, 0.1) is 12.2 Å². The molecule has 0 N–H and O–H groups in total. The van der Waals surface area contributed by atoms with Crippen molar-refractivity contribution in [1.82, 2.24) is 14.7 Å². The van der Waals surface area contributed by atoms with Crippen LogP contribution in [0.25, 0.3) is 6.08 Å². The van der Waals surface area contributed by atoms with Gasteiger partial charge >= 0.3 is 0 Å². The van der Waals surface area contributed by atoms with Gasteiger partial charge in [-0.3, -0.25) is 9.59 Å². The van der Waals surface area contributed by atoms with Crippen molar-refractivity contribution in [2.45, 2.75) is 13.5 Å².